The Kier molecular flexibility index (Phi) is 6.62. The molecule has 0 aliphatic heterocycles. The number of aliphatic carboxylic acids is 1. The predicted molar refractivity (Wildman–Crippen MR) is 131 cm³/mol. The predicted octanol–water partition coefficient (Wildman–Crippen LogP) is 4.97. The molecule has 3 aromatic rings. The van der Waals surface area contributed by atoms with Crippen molar-refractivity contribution < 1.29 is 9.90 Å². The standard InChI is InChI=1S/C25H29O2PSi/c1-29(2,3)20-19-24(25(26)27)28(21-13-7-4-8-14-21,22-15-9-5-10-16-22)23-17-11-6-12-18-23/h4-18H,19-20H2,1-3H3,(H,26,27). The molecule has 4 heteroatoms. The SMILES string of the molecule is C[Si](C)(C)CCC(C(=O)O)=P(c1ccccc1)(c1ccccc1)c1ccccc1. The molecular weight excluding hydrogens is 391 g/mol. The molecule has 1 N–H and O–H groups in total. The largest absolute Gasteiger partial charge is 0.478 e. The first-order chi connectivity index (χ1) is 13.9. The third-order valence-corrected chi connectivity index (χ3v) is 11.4. The molecule has 0 saturated carbocycles. The minimum absolute atomic E-state index is 0.623. The molecule has 150 valence electrons. The lowest BCUT2D eigenvalue weighted by molar-refractivity contribution is -0.129. The minimum Gasteiger partial charge on any atom is -0.478 e. The van der Waals surface area contributed by atoms with Crippen LogP contribution >= 0.6 is 6.89 Å². The van der Waals surface area contributed by atoms with Crippen molar-refractivity contribution >= 4 is 42.1 Å². The quantitative estimate of drug-likeness (QED) is 0.433. The summed E-state index contributed by atoms with van der Waals surface area (Å²) in [5.74, 6) is -0.770. The number of carboxylic acid groups (broad SMARTS) is 1. The van der Waals surface area contributed by atoms with Crippen LogP contribution in [0.15, 0.2) is 91.0 Å². The van der Waals surface area contributed by atoms with Crippen LogP contribution < -0.4 is 15.9 Å². The van der Waals surface area contributed by atoms with Crippen molar-refractivity contribution in [3.63, 3.8) is 0 Å². The van der Waals surface area contributed by atoms with Gasteiger partial charge in [0.05, 0.1) is 0 Å². The van der Waals surface area contributed by atoms with E-state index in [0.717, 1.165) is 22.0 Å². The van der Waals surface area contributed by atoms with Crippen LogP contribution in [-0.4, -0.2) is 24.4 Å². The molecule has 0 spiro atoms. The molecule has 3 rings (SSSR count). The topological polar surface area (TPSA) is 37.3 Å². The van der Waals surface area contributed by atoms with Crippen LogP contribution in [0.1, 0.15) is 6.42 Å². The van der Waals surface area contributed by atoms with Gasteiger partial charge in [0.1, 0.15) is 0 Å². The normalized spacial score (nSPS) is 11.8. The second-order valence-electron chi connectivity index (χ2n) is 8.49. The molecule has 0 saturated heterocycles. The van der Waals surface area contributed by atoms with E-state index in [1.807, 2.05) is 54.6 Å². The first-order valence-corrected chi connectivity index (χ1v) is 15.5. The molecule has 0 heterocycles. The molecule has 0 fully saturated rings. The van der Waals surface area contributed by atoms with Gasteiger partial charge in [0, 0.05) is 13.4 Å². The third-order valence-electron chi connectivity index (χ3n) is 5.19. The lowest BCUT2D eigenvalue weighted by Crippen LogP contribution is -2.34. The molecule has 29 heavy (non-hydrogen) atoms. The zero-order valence-electron chi connectivity index (χ0n) is 17.4. The highest BCUT2D eigenvalue weighted by molar-refractivity contribution is 7.96. The maximum atomic E-state index is 12.8. The summed E-state index contributed by atoms with van der Waals surface area (Å²) in [7, 11) is -1.41. The van der Waals surface area contributed by atoms with Crippen molar-refractivity contribution in [3.8, 4) is 0 Å². The van der Waals surface area contributed by atoms with Crippen molar-refractivity contribution in [1.82, 2.24) is 0 Å². The molecule has 3 aromatic carbocycles. The molecule has 0 atom stereocenters. The molecule has 0 aliphatic rings. The molecule has 0 bridgehead atoms. The van der Waals surface area contributed by atoms with Crippen LogP contribution in [0.2, 0.25) is 25.7 Å². The Morgan fingerprint density at radius 3 is 1.34 bits per heavy atom. The van der Waals surface area contributed by atoms with Crippen LogP contribution in [0.5, 0.6) is 0 Å². The number of carbonyl (C=O) groups is 1. The summed E-state index contributed by atoms with van der Waals surface area (Å²) in [6.45, 7) is 4.45. The van der Waals surface area contributed by atoms with Gasteiger partial charge in [-0.1, -0.05) is 117 Å². The smallest absolute Gasteiger partial charge is 0.332 e. The summed E-state index contributed by atoms with van der Waals surface area (Å²) in [4.78, 5) is 12.8. The zero-order chi connectivity index (χ0) is 20.9. The van der Waals surface area contributed by atoms with E-state index in [2.05, 4.69) is 56.0 Å². The van der Waals surface area contributed by atoms with Crippen molar-refractivity contribution in [2.24, 2.45) is 0 Å². The Morgan fingerprint density at radius 2 is 1.07 bits per heavy atom. The number of rotatable bonds is 7. The molecular formula is C25H29O2PSi. The van der Waals surface area contributed by atoms with Gasteiger partial charge in [-0.3, -0.25) is 0 Å². The molecule has 0 amide bonds. The third kappa shape index (κ3) is 4.63. The lowest BCUT2D eigenvalue weighted by Gasteiger charge is -2.32. The average Bonchev–Trinajstić information content (AvgIpc) is 2.72. The number of carboxylic acids is 1. The van der Waals surface area contributed by atoms with Gasteiger partial charge in [0.2, 0.25) is 0 Å². The Labute approximate surface area is 175 Å². The van der Waals surface area contributed by atoms with E-state index in [9.17, 15) is 9.90 Å². The van der Waals surface area contributed by atoms with E-state index in [4.69, 9.17) is 0 Å². The number of hydrogen-bond acceptors (Lipinski definition) is 1. The van der Waals surface area contributed by atoms with Gasteiger partial charge < -0.3 is 5.11 Å². The molecule has 0 radical (unpaired) electrons. The summed E-state index contributed by atoms with van der Waals surface area (Å²) in [6.07, 6.45) is 0.623. The van der Waals surface area contributed by atoms with Crippen molar-refractivity contribution in [2.45, 2.75) is 32.1 Å². The first-order valence-electron chi connectivity index (χ1n) is 10.0. The molecule has 0 aromatic heterocycles. The number of benzene rings is 3. The van der Waals surface area contributed by atoms with Gasteiger partial charge in [-0.2, -0.15) is 0 Å². The second kappa shape index (κ2) is 8.98. The van der Waals surface area contributed by atoms with Crippen LogP contribution in [-0.2, 0) is 4.79 Å². The molecule has 0 aliphatic carbocycles. The van der Waals surface area contributed by atoms with E-state index in [1.165, 1.54) is 0 Å². The Hall–Kier alpha value is -2.35. The monoisotopic (exact) mass is 420 g/mol. The number of hydrogen-bond donors (Lipinski definition) is 1. The average molecular weight is 421 g/mol. The van der Waals surface area contributed by atoms with Gasteiger partial charge in [-0.15, -0.1) is 0 Å². The van der Waals surface area contributed by atoms with Crippen LogP contribution in [0.4, 0.5) is 0 Å². The van der Waals surface area contributed by atoms with Gasteiger partial charge in [-0.05, 0) is 29.2 Å². The molecule has 0 unspecified atom stereocenters. The fraction of sp³-hybridized carbons (Fsp3) is 0.200. The van der Waals surface area contributed by atoms with Gasteiger partial charge in [0.25, 0.3) is 0 Å². The van der Waals surface area contributed by atoms with Crippen molar-refractivity contribution in [3.05, 3.63) is 91.0 Å². The van der Waals surface area contributed by atoms with Crippen molar-refractivity contribution in [1.29, 1.82) is 0 Å². The van der Waals surface area contributed by atoms with E-state index in [1.54, 1.807) is 0 Å². The molecule has 2 nitrogen and oxygen atoms in total. The van der Waals surface area contributed by atoms with E-state index in [0.29, 0.717) is 11.7 Å². The zero-order valence-corrected chi connectivity index (χ0v) is 19.3. The fourth-order valence-corrected chi connectivity index (χ4v) is 9.41. The van der Waals surface area contributed by atoms with Crippen LogP contribution in [0.25, 0.3) is 0 Å². The highest BCUT2D eigenvalue weighted by atomic mass is 31.2. The maximum Gasteiger partial charge on any atom is 0.332 e. The summed E-state index contributed by atoms with van der Waals surface area (Å²) in [5.41, 5.74) is 0. The minimum atomic E-state index is -2.47. The Balaban J connectivity index is 2.49. The summed E-state index contributed by atoms with van der Waals surface area (Å²) in [5, 5.41) is 14.5. The van der Waals surface area contributed by atoms with E-state index < -0.39 is 20.9 Å². The lowest BCUT2D eigenvalue weighted by atomic mass is 10.3. The van der Waals surface area contributed by atoms with E-state index in [-0.39, 0.29) is 0 Å². The Bertz CT molecular complexity index is 904. The Morgan fingerprint density at radius 1 is 0.724 bits per heavy atom. The van der Waals surface area contributed by atoms with Gasteiger partial charge in [-0.25, -0.2) is 4.79 Å². The summed E-state index contributed by atoms with van der Waals surface area (Å²) < 4.78 is 0. The first kappa shape index (κ1) is 21.4. The second-order valence-corrected chi connectivity index (χ2v) is 17.5. The van der Waals surface area contributed by atoms with Gasteiger partial charge >= 0.3 is 5.97 Å². The highest BCUT2D eigenvalue weighted by Crippen LogP contribution is 2.47. The van der Waals surface area contributed by atoms with Gasteiger partial charge in [0.15, 0.2) is 0 Å². The van der Waals surface area contributed by atoms with Crippen LogP contribution in [0.3, 0.4) is 0 Å². The highest BCUT2D eigenvalue weighted by Gasteiger charge is 2.33. The van der Waals surface area contributed by atoms with Crippen LogP contribution in [0, 0.1) is 0 Å². The van der Waals surface area contributed by atoms with E-state index >= 15 is 0 Å². The van der Waals surface area contributed by atoms with Crippen molar-refractivity contribution in [2.75, 3.05) is 0 Å². The summed E-state index contributed by atoms with van der Waals surface area (Å²) in [6, 6.07) is 31.7. The maximum absolute atomic E-state index is 12.8. The summed E-state index contributed by atoms with van der Waals surface area (Å²) >= 11 is 0. The fourth-order valence-electron chi connectivity index (χ4n) is 3.78.